The van der Waals surface area contributed by atoms with E-state index in [9.17, 15) is 0 Å². The summed E-state index contributed by atoms with van der Waals surface area (Å²) in [5, 5.41) is 5.50. The summed E-state index contributed by atoms with van der Waals surface area (Å²) >= 11 is 5.33. The van der Waals surface area contributed by atoms with E-state index in [-0.39, 0.29) is 0 Å². The Balaban J connectivity index is 2.60. The average Bonchev–Trinajstić information content (AvgIpc) is 2.68. The Morgan fingerprint density at radius 3 is 2.88 bits per heavy atom. The third-order valence-corrected chi connectivity index (χ3v) is 4.33. The summed E-state index contributed by atoms with van der Waals surface area (Å²) < 4.78 is 6.20. The third kappa shape index (κ3) is 5.34. The third-order valence-electron chi connectivity index (χ3n) is 2.51. The van der Waals surface area contributed by atoms with E-state index in [2.05, 4.69) is 52.6 Å². The number of rotatable bonds is 7. The van der Waals surface area contributed by atoms with Crippen LogP contribution in [0.25, 0.3) is 6.08 Å². The van der Waals surface area contributed by atoms with E-state index in [0.29, 0.717) is 5.92 Å². The molecule has 0 saturated heterocycles. The van der Waals surface area contributed by atoms with Gasteiger partial charge in [-0.2, -0.15) is 0 Å². The van der Waals surface area contributed by atoms with Gasteiger partial charge >= 0.3 is 0 Å². The molecule has 0 saturated carbocycles. The van der Waals surface area contributed by atoms with Crippen LogP contribution in [0.15, 0.2) is 21.5 Å². The van der Waals surface area contributed by atoms with Gasteiger partial charge in [0.1, 0.15) is 0 Å². The SMILES string of the molecule is COCCNC/C(=C/c1sccc1Br)C(C)C. The first-order valence-electron chi connectivity index (χ1n) is 5.78. The molecule has 0 atom stereocenters. The first kappa shape index (κ1) is 14.9. The van der Waals surface area contributed by atoms with E-state index >= 15 is 0 Å². The molecule has 4 heteroatoms. The molecule has 0 amide bonds. The van der Waals surface area contributed by atoms with Crippen LogP contribution in [0, 0.1) is 5.92 Å². The van der Waals surface area contributed by atoms with Crippen LogP contribution in [0.2, 0.25) is 0 Å². The van der Waals surface area contributed by atoms with Gasteiger partial charge in [0.25, 0.3) is 0 Å². The number of hydrogen-bond acceptors (Lipinski definition) is 3. The van der Waals surface area contributed by atoms with Crippen molar-refractivity contribution in [3.8, 4) is 0 Å². The van der Waals surface area contributed by atoms with Gasteiger partial charge in [0.2, 0.25) is 0 Å². The minimum Gasteiger partial charge on any atom is -0.383 e. The minimum absolute atomic E-state index is 0.555. The Kier molecular flexibility index (Phi) is 7.04. The molecule has 1 heterocycles. The number of halogens is 1. The monoisotopic (exact) mass is 317 g/mol. The zero-order valence-corrected chi connectivity index (χ0v) is 13.0. The second kappa shape index (κ2) is 8.03. The van der Waals surface area contributed by atoms with Gasteiger partial charge in [0.15, 0.2) is 0 Å². The normalized spacial score (nSPS) is 12.4. The summed E-state index contributed by atoms with van der Waals surface area (Å²) in [6.07, 6.45) is 2.28. The quantitative estimate of drug-likeness (QED) is 0.773. The van der Waals surface area contributed by atoms with Crippen molar-refractivity contribution in [1.29, 1.82) is 0 Å². The summed E-state index contributed by atoms with van der Waals surface area (Å²) in [4.78, 5) is 1.29. The zero-order valence-electron chi connectivity index (χ0n) is 10.6. The molecule has 1 rings (SSSR count). The highest BCUT2D eigenvalue weighted by molar-refractivity contribution is 9.10. The first-order valence-corrected chi connectivity index (χ1v) is 7.45. The fraction of sp³-hybridized carbons (Fsp3) is 0.538. The molecule has 0 bridgehead atoms. The summed E-state index contributed by atoms with van der Waals surface area (Å²) in [5.74, 6) is 0.555. The van der Waals surface area contributed by atoms with Crippen molar-refractivity contribution >= 4 is 33.3 Å². The number of ether oxygens (including phenoxy) is 1. The molecule has 0 aromatic carbocycles. The lowest BCUT2D eigenvalue weighted by molar-refractivity contribution is 0.200. The van der Waals surface area contributed by atoms with Crippen molar-refractivity contribution in [3.63, 3.8) is 0 Å². The first-order chi connectivity index (χ1) is 8.15. The van der Waals surface area contributed by atoms with Crippen LogP contribution in [0.4, 0.5) is 0 Å². The molecule has 0 spiro atoms. The maximum atomic E-state index is 5.02. The van der Waals surface area contributed by atoms with Crippen molar-refractivity contribution in [1.82, 2.24) is 5.32 Å². The molecular weight excluding hydrogens is 298 g/mol. The van der Waals surface area contributed by atoms with Crippen LogP contribution in [-0.2, 0) is 4.74 Å². The average molecular weight is 318 g/mol. The minimum atomic E-state index is 0.555. The lowest BCUT2D eigenvalue weighted by Gasteiger charge is -2.12. The summed E-state index contributed by atoms with van der Waals surface area (Å²) in [5.41, 5.74) is 1.42. The molecule has 17 heavy (non-hydrogen) atoms. The molecule has 0 unspecified atom stereocenters. The van der Waals surface area contributed by atoms with Crippen LogP contribution < -0.4 is 5.32 Å². The molecule has 0 radical (unpaired) electrons. The van der Waals surface area contributed by atoms with E-state index in [4.69, 9.17) is 4.74 Å². The Morgan fingerprint density at radius 2 is 2.35 bits per heavy atom. The molecule has 0 fully saturated rings. The van der Waals surface area contributed by atoms with Gasteiger partial charge in [-0.3, -0.25) is 0 Å². The maximum absolute atomic E-state index is 5.02. The largest absolute Gasteiger partial charge is 0.383 e. The predicted molar refractivity (Wildman–Crippen MR) is 79.6 cm³/mol. The standard InChI is InChI=1S/C13H20BrNOS/c1-10(2)11(9-15-5-6-16-3)8-13-12(14)4-7-17-13/h4,7-8,10,15H,5-6,9H2,1-3H3/b11-8-. The fourth-order valence-electron chi connectivity index (χ4n) is 1.41. The van der Waals surface area contributed by atoms with Gasteiger partial charge in [-0.05, 0) is 39.4 Å². The summed E-state index contributed by atoms with van der Waals surface area (Å²) in [7, 11) is 1.73. The predicted octanol–water partition coefficient (Wildman–Crippen LogP) is 3.79. The van der Waals surface area contributed by atoms with Crippen LogP contribution in [0.3, 0.4) is 0 Å². The van der Waals surface area contributed by atoms with Gasteiger partial charge < -0.3 is 10.1 Å². The van der Waals surface area contributed by atoms with Crippen LogP contribution >= 0.6 is 27.3 Å². The highest BCUT2D eigenvalue weighted by atomic mass is 79.9. The number of methoxy groups -OCH3 is 1. The molecule has 1 aromatic heterocycles. The van der Waals surface area contributed by atoms with E-state index in [1.165, 1.54) is 14.9 Å². The second-order valence-corrected chi connectivity index (χ2v) is 5.98. The van der Waals surface area contributed by atoms with Crippen molar-refractivity contribution < 1.29 is 4.74 Å². The summed E-state index contributed by atoms with van der Waals surface area (Å²) in [6.45, 7) is 7.03. The zero-order chi connectivity index (χ0) is 12.7. The van der Waals surface area contributed by atoms with Gasteiger partial charge in [-0.25, -0.2) is 0 Å². The molecular formula is C13H20BrNOS. The second-order valence-electron chi connectivity index (χ2n) is 4.18. The number of hydrogen-bond donors (Lipinski definition) is 1. The molecule has 0 aliphatic rings. The summed E-state index contributed by atoms with van der Waals surface area (Å²) in [6, 6.07) is 2.09. The van der Waals surface area contributed by atoms with Gasteiger partial charge in [0, 0.05) is 29.5 Å². The van der Waals surface area contributed by atoms with Crippen molar-refractivity contribution in [2.45, 2.75) is 13.8 Å². The smallest absolute Gasteiger partial charge is 0.0587 e. The van der Waals surface area contributed by atoms with Crippen LogP contribution in [0.5, 0.6) is 0 Å². The Morgan fingerprint density at radius 1 is 1.59 bits per heavy atom. The van der Waals surface area contributed by atoms with Gasteiger partial charge in [0.05, 0.1) is 6.61 Å². The van der Waals surface area contributed by atoms with Crippen LogP contribution in [-0.4, -0.2) is 26.8 Å². The number of nitrogens with one attached hydrogen (secondary N) is 1. The van der Waals surface area contributed by atoms with E-state index in [1.54, 1.807) is 18.4 Å². The highest BCUT2D eigenvalue weighted by Crippen LogP contribution is 2.26. The lowest BCUT2D eigenvalue weighted by atomic mass is 10.0. The fourth-order valence-corrected chi connectivity index (χ4v) is 2.86. The maximum Gasteiger partial charge on any atom is 0.0587 e. The van der Waals surface area contributed by atoms with E-state index in [1.807, 2.05) is 0 Å². The van der Waals surface area contributed by atoms with Crippen molar-refractivity contribution in [2.24, 2.45) is 5.92 Å². The Labute approximate surface area is 116 Å². The van der Waals surface area contributed by atoms with E-state index in [0.717, 1.165) is 19.7 Å². The van der Waals surface area contributed by atoms with Gasteiger partial charge in [-0.15, -0.1) is 11.3 Å². The molecule has 0 aliphatic heterocycles. The van der Waals surface area contributed by atoms with Crippen LogP contribution in [0.1, 0.15) is 18.7 Å². The van der Waals surface area contributed by atoms with Gasteiger partial charge in [-0.1, -0.05) is 19.4 Å². The molecule has 96 valence electrons. The van der Waals surface area contributed by atoms with Crippen molar-refractivity contribution in [2.75, 3.05) is 26.8 Å². The Hall–Kier alpha value is -0.160. The molecule has 1 aromatic rings. The molecule has 0 aliphatic carbocycles. The van der Waals surface area contributed by atoms with Crippen molar-refractivity contribution in [3.05, 3.63) is 26.4 Å². The topological polar surface area (TPSA) is 21.3 Å². The molecule has 2 nitrogen and oxygen atoms in total. The molecule has 1 N–H and O–H groups in total. The van der Waals surface area contributed by atoms with E-state index < -0.39 is 0 Å². The lowest BCUT2D eigenvalue weighted by Crippen LogP contribution is -2.23. The highest BCUT2D eigenvalue weighted by Gasteiger charge is 2.05. The number of thiophene rings is 1. The Bertz CT molecular complexity index is 360.